The van der Waals surface area contributed by atoms with Gasteiger partial charge in [0.15, 0.2) is 4.96 Å². The van der Waals surface area contributed by atoms with E-state index in [1.165, 1.54) is 0 Å². The fraction of sp³-hybridized carbons (Fsp3) is 0.400. The van der Waals surface area contributed by atoms with E-state index in [1.54, 1.807) is 11.3 Å². The van der Waals surface area contributed by atoms with E-state index in [0.29, 0.717) is 6.42 Å². The van der Waals surface area contributed by atoms with E-state index < -0.39 is 0 Å². The number of thiazole rings is 1. The molecule has 4 nitrogen and oxygen atoms in total. The molecule has 15 heavy (non-hydrogen) atoms. The van der Waals surface area contributed by atoms with Gasteiger partial charge in [-0.05, 0) is 6.42 Å². The minimum absolute atomic E-state index is 0.0441. The number of carbonyl (C=O) groups excluding carboxylic acids is 1. The normalized spacial score (nSPS) is 10.7. The van der Waals surface area contributed by atoms with Crippen molar-refractivity contribution in [3.8, 4) is 0 Å². The molecule has 0 saturated carbocycles. The van der Waals surface area contributed by atoms with Crippen LogP contribution >= 0.6 is 11.3 Å². The van der Waals surface area contributed by atoms with E-state index in [1.807, 2.05) is 29.1 Å². The van der Waals surface area contributed by atoms with Gasteiger partial charge in [-0.3, -0.25) is 9.20 Å². The standard InChI is InChI=1S/C10H13N3OS/c1-2-3-11-9(14)6-8-7-13-4-5-15-10(13)12-8/h4-5,7H,2-3,6H2,1H3,(H,11,14). The number of rotatable bonds is 4. The first-order valence-corrected chi connectivity index (χ1v) is 5.85. The van der Waals surface area contributed by atoms with Gasteiger partial charge in [0.1, 0.15) is 0 Å². The first-order chi connectivity index (χ1) is 7.29. The first-order valence-electron chi connectivity index (χ1n) is 4.97. The van der Waals surface area contributed by atoms with Crippen LogP contribution in [0.5, 0.6) is 0 Å². The van der Waals surface area contributed by atoms with Gasteiger partial charge in [0.25, 0.3) is 0 Å². The number of aromatic nitrogens is 2. The lowest BCUT2D eigenvalue weighted by Crippen LogP contribution is -2.25. The van der Waals surface area contributed by atoms with E-state index in [0.717, 1.165) is 23.6 Å². The number of fused-ring (bicyclic) bond motifs is 1. The lowest BCUT2D eigenvalue weighted by molar-refractivity contribution is -0.120. The summed E-state index contributed by atoms with van der Waals surface area (Å²) in [4.78, 5) is 16.7. The summed E-state index contributed by atoms with van der Waals surface area (Å²) in [6.45, 7) is 2.77. The molecule has 0 atom stereocenters. The molecule has 2 heterocycles. The Morgan fingerprint density at radius 3 is 3.27 bits per heavy atom. The number of imidazole rings is 1. The highest BCUT2D eigenvalue weighted by Gasteiger charge is 2.07. The number of nitrogens with one attached hydrogen (secondary N) is 1. The van der Waals surface area contributed by atoms with Crippen LogP contribution in [0, 0.1) is 0 Å². The highest BCUT2D eigenvalue weighted by molar-refractivity contribution is 7.15. The van der Waals surface area contributed by atoms with Crippen molar-refractivity contribution < 1.29 is 4.79 Å². The maximum Gasteiger partial charge on any atom is 0.226 e. The fourth-order valence-corrected chi connectivity index (χ4v) is 2.07. The van der Waals surface area contributed by atoms with Crippen LogP contribution in [0.1, 0.15) is 19.0 Å². The average molecular weight is 223 g/mol. The lowest BCUT2D eigenvalue weighted by atomic mass is 10.3. The third kappa shape index (κ3) is 2.36. The van der Waals surface area contributed by atoms with Gasteiger partial charge in [-0.25, -0.2) is 4.98 Å². The molecule has 0 aliphatic carbocycles. The second-order valence-corrected chi connectivity index (χ2v) is 4.22. The summed E-state index contributed by atoms with van der Waals surface area (Å²) in [7, 11) is 0. The van der Waals surface area contributed by atoms with Crippen molar-refractivity contribution >= 4 is 22.2 Å². The Kier molecular flexibility index (Phi) is 3.01. The highest BCUT2D eigenvalue weighted by Crippen LogP contribution is 2.11. The monoisotopic (exact) mass is 223 g/mol. The van der Waals surface area contributed by atoms with Gasteiger partial charge < -0.3 is 5.32 Å². The highest BCUT2D eigenvalue weighted by atomic mass is 32.1. The molecule has 0 aromatic carbocycles. The zero-order valence-corrected chi connectivity index (χ0v) is 9.38. The van der Waals surface area contributed by atoms with E-state index in [4.69, 9.17) is 0 Å². The first kappa shape index (κ1) is 10.2. The number of hydrogen-bond acceptors (Lipinski definition) is 3. The Labute approximate surface area is 91.9 Å². The van der Waals surface area contributed by atoms with E-state index in [2.05, 4.69) is 10.3 Å². The Morgan fingerprint density at radius 1 is 1.67 bits per heavy atom. The third-order valence-corrected chi connectivity index (χ3v) is 2.83. The maximum absolute atomic E-state index is 11.4. The molecule has 0 radical (unpaired) electrons. The predicted octanol–water partition coefficient (Wildman–Crippen LogP) is 1.46. The second kappa shape index (κ2) is 4.44. The third-order valence-electron chi connectivity index (χ3n) is 2.06. The molecule has 1 amide bonds. The number of amides is 1. The van der Waals surface area contributed by atoms with Crippen LogP contribution in [0.3, 0.4) is 0 Å². The van der Waals surface area contributed by atoms with Gasteiger partial charge in [0.2, 0.25) is 5.91 Å². The zero-order valence-electron chi connectivity index (χ0n) is 8.56. The Bertz CT molecular complexity index is 431. The van der Waals surface area contributed by atoms with Crippen molar-refractivity contribution in [2.24, 2.45) is 0 Å². The van der Waals surface area contributed by atoms with E-state index in [-0.39, 0.29) is 5.91 Å². The topological polar surface area (TPSA) is 46.4 Å². The van der Waals surface area contributed by atoms with Crippen molar-refractivity contribution in [3.63, 3.8) is 0 Å². The molecule has 2 rings (SSSR count). The molecule has 0 aliphatic heterocycles. The van der Waals surface area contributed by atoms with Crippen LogP contribution in [0.25, 0.3) is 4.96 Å². The summed E-state index contributed by atoms with van der Waals surface area (Å²) < 4.78 is 1.94. The quantitative estimate of drug-likeness (QED) is 0.853. The van der Waals surface area contributed by atoms with Gasteiger partial charge in [0.05, 0.1) is 12.1 Å². The van der Waals surface area contributed by atoms with Crippen molar-refractivity contribution in [1.29, 1.82) is 0 Å². The summed E-state index contributed by atoms with van der Waals surface area (Å²) in [5.41, 5.74) is 0.829. The summed E-state index contributed by atoms with van der Waals surface area (Å²) in [5.74, 6) is 0.0441. The smallest absolute Gasteiger partial charge is 0.226 e. The van der Waals surface area contributed by atoms with E-state index in [9.17, 15) is 4.79 Å². The molecular formula is C10H13N3OS. The summed E-state index contributed by atoms with van der Waals surface area (Å²) in [6, 6.07) is 0. The molecule has 0 unspecified atom stereocenters. The molecule has 2 aromatic heterocycles. The molecule has 0 fully saturated rings. The van der Waals surface area contributed by atoms with Crippen LogP contribution in [-0.2, 0) is 11.2 Å². The van der Waals surface area contributed by atoms with Crippen LogP contribution in [0.2, 0.25) is 0 Å². The summed E-state index contributed by atoms with van der Waals surface area (Å²) in [5, 5.41) is 4.81. The van der Waals surface area contributed by atoms with Gasteiger partial charge in [-0.15, -0.1) is 11.3 Å². The maximum atomic E-state index is 11.4. The molecule has 0 spiro atoms. The average Bonchev–Trinajstić information content (AvgIpc) is 2.74. The molecule has 2 aromatic rings. The number of carbonyl (C=O) groups is 1. The van der Waals surface area contributed by atoms with Crippen molar-refractivity contribution in [2.45, 2.75) is 19.8 Å². The van der Waals surface area contributed by atoms with Gasteiger partial charge >= 0.3 is 0 Å². The van der Waals surface area contributed by atoms with E-state index >= 15 is 0 Å². The number of nitrogens with zero attached hydrogens (tertiary/aromatic N) is 2. The molecule has 0 aliphatic rings. The molecule has 80 valence electrons. The predicted molar refractivity (Wildman–Crippen MR) is 60.1 cm³/mol. The molecule has 1 N–H and O–H groups in total. The van der Waals surface area contributed by atoms with Crippen molar-refractivity contribution in [2.75, 3.05) is 6.54 Å². The van der Waals surface area contributed by atoms with Crippen LogP contribution < -0.4 is 5.32 Å². The number of hydrogen-bond donors (Lipinski definition) is 1. The van der Waals surface area contributed by atoms with Crippen molar-refractivity contribution in [1.82, 2.24) is 14.7 Å². The molecule has 0 saturated heterocycles. The van der Waals surface area contributed by atoms with Crippen LogP contribution in [-0.4, -0.2) is 21.8 Å². The SMILES string of the molecule is CCCNC(=O)Cc1cn2ccsc2n1. The van der Waals surface area contributed by atoms with Crippen molar-refractivity contribution in [3.05, 3.63) is 23.5 Å². The van der Waals surface area contributed by atoms with Crippen LogP contribution in [0.15, 0.2) is 17.8 Å². The van der Waals surface area contributed by atoms with Gasteiger partial charge in [-0.2, -0.15) is 0 Å². The second-order valence-electron chi connectivity index (χ2n) is 3.35. The molecular weight excluding hydrogens is 210 g/mol. The molecule has 0 bridgehead atoms. The minimum Gasteiger partial charge on any atom is -0.356 e. The fourth-order valence-electron chi connectivity index (χ4n) is 1.35. The Morgan fingerprint density at radius 2 is 2.53 bits per heavy atom. The van der Waals surface area contributed by atoms with Crippen LogP contribution in [0.4, 0.5) is 0 Å². The van der Waals surface area contributed by atoms with Gasteiger partial charge in [-0.1, -0.05) is 6.92 Å². The Balaban J connectivity index is 2.00. The Hall–Kier alpha value is -1.36. The lowest BCUT2D eigenvalue weighted by Gasteiger charge is -2.00. The summed E-state index contributed by atoms with van der Waals surface area (Å²) in [6.07, 6.45) is 5.18. The summed E-state index contributed by atoms with van der Waals surface area (Å²) >= 11 is 1.57. The minimum atomic E-state index is 0.0441. The largest absolute Gasteiger partial charge is 0.356 e. The zero-order chi connectivity index (χ0) is 10.7. The molecule has 5 heteroatoms. The van der Waals surface area contributed by atoms with Gasteiger partial charge in [0, 0.05) is 24.3 Å².